The molecule has 0 aromatic heterocycles. The normalized spacial score (nSPS) is 22.9. The van der Waals surface area contributed by atoms with E-state index in [1.165, 1.54) is 12.8 Å². The lowest BCUT2D eigenvalue weighted by Crippen LogP contribution is -2.24. The molecule has 0 bridgehead atoms. The lowest BCUT2D eigenvalue weighted by Gasteiger charge is -2.14. The van der Waals surface area contributed by atoms with E-state index in [2.05, 4.69) is 10.6 Å². The Morgan fingerprint density at radius 1 is 1.15 bits per heavy atom. The smallest absolute Gasteiger partial charge is 0.228 e. The number of carbonyl (C=O) groups is 1. The van der Waals surface area contributed by atoms with E-state index in [1.54, 1.807) is 0 Å². The van der Waals surface area contributed by atoms with E-state index in [1.807, 2.05) is 24.3 Å². The molecule has 1 saturated heterocycles. The van der Waals surface area contributed by atoms with Gasteiger partial charge in [-0.05, 0) is 62.9 Å². The van der Waals surface area contributed by atoms with Crippen molar-refractivity contribution < 1.29 is 9.53 Å². The van der Waals surface area contributed by atoms with Crippen molar-refractivity contribution in [1.29, 1.82) is 0 Å². The van der Waals surface area contributed by atoms with Crippen LogP contribution in [0.4, 0.5) is 5.69 Å². The maximum absolute atomic E-state index is 12.0. The number of ether oxygens (including phenoxy) is 1. The van der Waals surface area contributed by atoms with Crippen molar-refractivity contribution in [3.63, 3.8) is 0 Å². The molecule has 108 valence electrons. The zero-order valence-corrected chi connectivity index (χ0v) is 11.7. The third-order valence-electron chi connectivity index (χ3n) is 4.16. The van der Waals surface area contributed by atoms with Crippen LogP contribution in [-0.2, 0) is 4.79 Å². The van der Waals surface area contributed by atoms with Crippen molar-refractivity contribution in [3.05, 3.63) is 24.3 Å². The van der Waals surface area contributed by atoms with Gasteiger partial charge in [-0.1, -0.05) is 0 Å². The molecule has 1 aliphatic carbocycles. The van der Waals surface area contributed by atoms with Crippen LogP contribution < -0.4 is 15.4 Å². The number of hydrogen-bond donors (Lipinski definition) is 2. The molecule has 0 radical (unpaired) electrons. The second-order valence-corrected chi connectivity index (χ2v) is 5.73. The average Bonchev–Trinajstić information content (AvgIpc) is 3.13. The lowest BCUT2D eigenvalue weighted by atomic mass is 10.1. The Labute approximate surface area is 119 Å². The van der Waals surface area contributed by atoms with Crippen molar-refractivity contribution in [1.82, 2.24) is 5.32 Å². The highest BCUT2D eigenvalue weighted by atomic mass is 16.5. The topological polar surface area (TPSA) is 50.4 Å². The van der Waals surface area contributed by atoms with Gasteiger partial charge >= 0.3 is 0 Å². The molecule has 2 fully saturated rings. The van der Waals surface area contributed by atoms with Crippen LogP contribution in [0.25, 0.3) is 0 Å². The van der Waals surface area contributed by atoms with Gasteiger partial charge in [0, 0.05) is 12.2 Å². The molecule has 1 aromatic rings. The molecule has 4 heteroatoms. The summed E-state index contributed by atoms with van der Waals surface area (Å²) in [6.07, 6.45) is 6.16. The highest BCUT2D eigenvalue weighted by Gasteiger charge is 2.22. The maximum Gasteiger partial charge on any atom is 0.228 e. The Morgan fingerprint density at radius 2 is 1.90 bits per heavy atom. The first-order valence-electron chi connectivity index (χ1n) is 7.59. The molecule has 2 N–H and O–H groups in total. The van der Waals surface area contributed by atoms with Crippen LogP contribution in [-0.4, -0.2) is 25.1 Å². The van der Waals surface area contributed by atoms with Crippen LogP contribution in [0.15, 0.2) is 24.3 Å². The van der Waals surface area contributed by atoms with Crippen LogP contribution in [0.1, 0.15) is 32.1 Å². The van der Waals surface area contributed by atoms with E-state index >= 15 is 0 Å². The van der Waals surface area contributed by atoms with Crippen LogP contribution in [0.5, 0.6) is 5.75 Å². The molecule has 3 rings (SSSR count). The van der Waals surface area contributed by atoms with Gasteiger partial charge in [-0.2, -0.15) is 0 Å². The largest absolute Gasteiger partial charge is 0.490 e. The lowest BCUT2D eigenvalue weighted by molar-refractivity contribution is -0.119. The summed E-state index contributed by atoms with van der Waals surface area (Å²) in [7, 11) is 0. The van der Waals surface area contributed by atoms with E-state index in [0.29, 0.717) is 6.10 Å². The molecule has 1 unspecified atom stereocenters. The molecule has 1 aliphatic heterocycles. The minimum Gasteiger partial charge on any atom is -0.490 e. The molecule has 0 spiro atoms. The summed E-state index contributed by atoms with van der Waals surface area (Å²) in [6, 6.07) is 7.73. The summed E-state index contributed by atoms with van der Waals surface area (Å²) >= 11 is 0. The van der Waals surface area contributed by atoms with Crippen molar-refractivity contribution >= 4 is 11.6 Å². The molecular weight excluding hydrogens is 252 g/mol. The summed E-state index contributed by atoms with van der Waals surface area (Å²) in [6.45, 7) is 1.72. The quantitative estimate of drug-likeness (QED) is 0.887. The highest BCUT2D eigenvalue weighted by molar-refractivity contribution is 5.92. The number of nitrogens with one attached hydrogen (secondary N) is 2. The predicted octanol–water partition coefficient (Wildman–Crippen LogP) is 2.56. The van der Waals surface area contributed by atoms with Gasteiger partial charge in [-0.25, -0.2) is 0 Å². The van der Waals surface area contributed by atoms with Crippen molar-refractivity contribution in [2.24, 2.45) is 5.92 Å². The molecule has 20 heavy (non-hydrogen) atoms. The summed E-state index contributed by atoms with van der Waals surface area (Å²) in [5, 5.41) is 6.18. The van der Waals surface area contributed by atoms with Gasteiger partial charge in [-0.15, -0.1) is 0 Å². The van der Waals surface area contributed by atoms with E-state index < -0.39 is 0 Å². The number of carbonyl (C=O) groups excluding carboxylic acids is 1. The van der Waals surface area contributed by atoms with Gasteiger partial charge in [0.25, 0.3) is 0 Å². The number of benzene rings is 1. The predicted molar refractivity (Wildman–Crippen MR) is 78.9 cm³/mol. The molecule has 2 aliphatic rings. The Balaban J connectivity index is 1.53. The Bertz CT molecular complexity index is 446. The van der Waals surface area contributed by atoms with Gasteiger partial charge in [0.1, 0.15) is 5.75 Å². The maximum atomic E-state index is 12.0. The molecule has 1 amide bonds. The fraction of sp³-hybridized carbons (Fsp3) is 0.562. The summed E-state index contributed by atoms with van der Waals surface area (Å²) in [5.41, 5.74) is 0.848. The monoisotopic (exact) mass is 274 g/mol. The van der Waals surface area contributed by atoms with Crippen molar-refractivity contribution in [2.45, 2.75) is 38.2 Å². The minimum atomic E-state index is 0.101. The third kappa shape index (κ3) is 3.31. The second-order valence-electron chi connectivity index (χ2n) is 5.73. The molecule has 1 aromatic carbocycles. The molecular formula is C16H22N2O2. The van der Waals surface area contributed by atoms with Gasteiger partial charge in [0.15, 0.2) is 0 Å². The summed E-state index contributed by atoms with van der Waals surface area (Å²) in [5.74, 6) is 1.11. The van der Waals surface area contributed by atoms with E-state index in [-0.39, 0.29) is 11.8 Å². The third-order valence-corrected chi connectivity index (χ3v) is 4.16. The van der Waals surface area contributed by atoms with Crippen molar-refractivity contribution in [3.8, 4) is 5.75 Å². The van der Waals surface area contributed by atoms with Crippen LogP contribution >= 0.6 is 0 Å². The van der Waals surface area contributed by atoms with E-state index in [9.17, 15) is 4.79 Å². The van der Waals surface area contributed by atoms with Crippen molar-refractivity contribution in [2.75, 3.05) is 18.4 Å². The zero-order valence-electron chi connectivity index (χ0n) is 11.7. The second kappa shape index (κ2) is 6.27. The van der Waals surface area contributed by atoms with Gasteiger partial charge in [0.05, 0.1) is 12.0 Å². The molecule has 1 atom stereocenters. The SMILES string of the molecule is O=C(Nc1ccc(OC2CCCC2)cc1)C1CCNC1. The summed E-state index contributed by atoms with van der Waals surface area (Å²) in [4.78, 5) is 12.0. The van der Waals surface area contributed by atoms with E-state index in [4.69, 9.17) is 4.74 Å². The number of rotatable bonds is 4. The first-order valence-corrected chi connectivity index (χ1v) is 7.59. The number of anilines is 1. The Hall–Kier alpha value is -1.55. The Kier molecular flexibility index (Phi) is 4.21. The highest BCUT2D eigenvalue weighted by Crippen LogP contribution is 2.25. The van der Waals surface area contributed by atoms with Crippen LogP contribution in [0.3, 0.4) is 0 Å². The zero-order chi connectivity index (χ0) is 13.8. The molecule has 4 nitrogen and oxygen atoms in total. The fourth-order valence-corrected chi connectivity index (χ4v) is 2.94. The minimum absolute atomic E-state index is 0.101. The van der Waals surface area contributed by atoms with Crippen LogP contribution in [0.2, 0.25) is 0 Å². The molecule has 1 heterocycles. The van der Waals surface area contributed by atoms with Gasteiger partial charge in [0.2, 0.25) is 5.91 Å². The van der Waals surface area contributed by atoms with Crippen LogP contribution in [0, 0.1) is 5.92 Å². The van der Waals surface area contributed by atoms with Gasteiger partial charge in [-0.3, -0.25) is 4.79 Å². The number of hydrogen-bond acceptors (Lipinski definition) is 3. The standard InChI is InChI=1S/C16H22N2O2/c19-16(12-9-10-17-11-12)18-13-5-7-15(8-6-13)20-14-3-1-2-4-14/h5-8,12,14,17H,1-4,9-11H2,(H,18,19). The first-order chi connectivity index (χ1) is 9.81. The first kappa shape index (κ1) is 13.4. The van der Waals surface area contributed by atoms with Gasteiger partial charge < -0.3 is 15.4 Å². The molecule has 1 saturated carbocycles. The van der Waals surface area contributed by atoms with E-state index in [0.717, 1.165) is 43.8 Å². The number of amides is 1. The fourth-order valence-electron chi connectivity index (χ4n) is 2.94. The average molecular weight is 274 g/mol. The Morgan fingerprint density at radius 3 is 2.55 bits per heavy atom. The summed E-state index contributed by atoms with van der Waals surface area (Å²) < 4.78 is 5.91.